The monoisotopic (exact) mass is 220 g/mol. The molecule has 1 aliphatic heterocycles. The van der Waals surface area contributed by atoms with Gasteiger partial charge < -0.3 is 5.73 Å². The number of hydrogen-bond acceptors (Lipinski definition) is 2. The molecule has 0 radical (unpaired) electrons. The van der Waals surface area contributed by atoms with Gasteiger partial charge in [-0.3, -0.25) is 4.90 Å². The lowest BCUT2D eigenvalue weighted by Crippen LogP contribution is -2.49. The minimum absolute atomic E-state index is 0.423. The Morgan fingerprint density at radius 2 is 2.31 bits per heavy atom. The average Bonchev–Trinajstić information content (AvgIpc) is 2.64. The van der Waals surface area contributed by atoms with Crippen LogP contribution >= 0.6 is 0 Å². The fourth-order valence-corrected chi connectivity index (χ4v) is 3.92. The number of fused-ring (bicyclic) bond motifs is 1. The predicted molar refractivity (Wildman–Crippen MR) is 67.1 cm³/mol. The van der Waals surface area contributed by atoms with Gasteiger partial charge in [-0.15, -0.1) is 0 Å². The van der Waals surface area contributed by atoms with Crippen LogP contribution in [0.4, 0.5) is 0 Å². The molecule has 90 valence electrons. The van der Waals surface area contributed by atoms with Crippen LogP contribution in [0, 0.1) is 17.3 Å². The van der Waals surface area contributed by atoms with Crippen LogP contribution < -0.4 is 5.73 Å². The highest BCUT2D eigenvalue weighted by atomic mass is 15.2. The summed E-state index contributed by atoms with van der Waals surface area (Å²) in [7, 11) is 0. The summed E-state index contributed by atoms with van der Waals surface area (Å²) in [6.45, 7) is 8.40. The first-order chi connectivity index (χ1) is 7.57. The Morgan fingerprint density at radius 1 is 1.50 bits per heavy atom. The molecule has 3 aliphatic carbocycles. The lowest BCUT2D eigenvalue weighted by Gasteiger charge is -2.57. The van der Waals surface area contributed by atoms with Crippen molar-refractivity contribution in [1.82, 2.24) is 4.90 Å². The Kier molecular flexibility index (Phi) is 2.41. The molecule has 2 fully saturated rings. The third-order valence-corrected chi connectivity index (χ3v) is 5.30. The molecule has 1 heterocycles. The molecule has 0 aromatic rings. The highest BCUT2D eigenvalue weighted by Crippen LogP contribution is 2.59. The van der Waals surface area contributed by atoms with Crippen LogP contribution in [0.25, 0.3) is 0 Å². The summed E-state index contributed by atoms with van der Waals surface area (Å²) < 4.78 is 0. The molecule has 0 unspecified atom stereocenters. The minimum atomic E-state index is 0.423. The normalized spacial score (nSPS) is 41.7. The summed E-state index contributed by atoms with van der Waals surface area (Å²) in [6, 6.07) is 0.423. The lowest BCUT2D eigenvalue weighted by molar-refractivity contribution is -0.0101. The van der Waals surface area contributed by atoms with Gasteiger partial charge in [0, 0.05) is 25.7 Å². The molecule has 3 atom stereocenters. The van der Waals surface area contributed by atoms with E-state index in [4.69, 9.17) is 5.73 Å². The Labute approximate surface area is 98.9 Å². The van der Waals surface area contributed by atoms with Gasteiger partial charge in [-0.25, -0.2) is 0 Å². The van der Waals surface area contributed by atoms with E-state index in [1.165, 1.54) is 32.4 Å². The van der Waals surface area contributed by atoms with Crippen LogP contribution in [-0.4, -0.2) is 30.6 Å². The van der Waals surface area contributed by atoms with Crippen molar-refractivity contribution in [3.8, 4) is 0 Å². The van der Waals surface area contributed by atoms with Gasteiger partial charge in [0.1, 0.15) is 0 Å². The van der Waals surface area contributed by atoms with Gasteiger partial charge in [0.05, 0.1) is 0 Å². The number of allylic oxidation sites excluding steroid dienone is 1. The number of hydrogen-bond donors (Lipinski definition) is 1. The van der Waals surface area contributed by atoms with E-state index in [9.17, 15) is 0 Å². The van der Waals surface area contributed by atoms with Crippen LogP contribution in [0.5, 0.6) is 0 Å². The van der Waals surface area contributed by atoms with E-state index in [-0.39, 0.29) is 0 Å². The summed E-state index contributed by atoms with van der Waals surface area (Å²) in [4.78, 5) is 2.55. The summed E-state index contributed by atoms with van der Waals surface area (Å²) in [5.74, 6) is 1.82. The summed E-state index contributed by atoms with van der Waals surface area (Å²) in [5, 5.41) is 0. The van der Waals surface area contributed by atoms with Crippen molar-refractivity contribution in [1.29, 1.82) is 0 Å². The second-order valence-corrected chi connectivity index (χ2v) is 6.61. The van der Waals surface area contributed by atoms with Crippen LogP contribution in [-0.2, 0) is 0 Å². The molecule has 2 heteroatoms. The molecule has 1 saturated heterocycles. The molecule has 4 aliphatic rings. The van der Waals surface area contributed by atoms with E-state index >= 15 is 0 Å². The topological polar surface area (TPSA) is 29.3 Å². The van der Waals surface area contributed by atoms with Crippen LogP contribution in [0.3, 0.4) is 0 Å². The Balaban J connectivity index is 1.66. The van der Waals surface area contributed by atoms with Gasteiger partial charge in [-0.1, -0.05) is 25.5 Å². The second-order valence-electron chi connectivity index (χ2n) is 6.61. The van der Waals surface area contributed by atoms with E-state index in [0.717, 1.165) is 18.4 Å². The third kappa shape index (κ3) is 1.54. The van der Waals surface area contributed by atoms with Crippen molar-refractivity contribution >= 4 is 0 Å². The second kappa shape index (κ2) is 3.58. The molecule has 2 bridgehead atoms. The quantitative estimate of drug-likeness (QED) is 0.721. The number of nitrogens with zero attached hydrogens (tertiary/aromatic N) is 1. The maximum atomic E-state index is 5.97. The molecular formula is C14H24N2. The molecule has 2 N–H and O–H groups in total. The Bertz CT molecular complexity index is 319. The maximum absolute atomic E-state index is 5.97. The molecule has 0 aromatic heterocycles. The zero-order valence-electron chi connectivity index (χ0n) is 10.6. The standard InChI is InChI=1S/C14H24N2/c1-14(2)11-4-3-10(13(14)7-11)8-16-6-5-12(15)9-16/h3,11-13H,4-9,15H2,1-2H3/t11-,12+,13-/m0/s1. The summed E-state index contributed by atoms with van der Waals surface area (Å²) in [6.07, 6.45) is 6.47. The van der Waals surface area contributed by atoms with Crippen molar-refractivity contribution in [2.24, 2.45) is 23.0 Å². The van der Waals surface area contributed by atoms with Crippen molar-refractivity contribution in [2.45, 2.75) is 39.2 Å². The van der Waals surface area contributed by atoms with Gasteiger partial charge in [0.15, 0.2) is 0 Å². The van der Waals surface area contributed by atoms with Crippen molar-refractivity contribution in [3.05, 3.63) is 11.6 Å². The fraction of sp³-hybridized carbons (Fsp3) is 0.857. The van der Waals surface area contributed by atoms with Crippen LogP contribution in [0.15, 0.2) is 11.6 Å². The van der Waals surface area contributed by atoms with Crippen molar-refractivity contribution < 1.29 is 0 Å². The molecule has 4 rings (SSSR count). The van der Waals surface area contributed by atoms with E-state index in [0.29, 0.717) is 11.5 Å². The van der Waals surface area contributed by atoms with Crippen molar-refractivity contribution in [2.75, 3.05) is 19.6 Å². The number of likely N-dealkylation sites (tertiary alicyclic amines) is 1. The highest BCUT2D eigenvalue weighted by molar-refractivity contribution is 5.24. The van der Waals surface area contributed by atoms with E-state index < -0.39 is 0 Å². The average molecular weight is 220 g/mol. The minimum Gasteiger partial charge on any atom is -0.326 e. The first kappa shape index (κ1) is 10.8. The van der Waals surface area contributed by atoms with Gasteiger partial charge in [0.25, 0.3) is 0 Å². The molecule has 0 aromatic carbocycles. The first-order valence-electron chi connectivity index (χ1n) is 6.74. The third-order valence-electron chi connectivity index (χ3n) is 5.30. The maximum Gasteiger partial charge on any atom is 0.0196 e. The summed E-state index contributed by atoms with van der Waals surface area (Å²) >= 11 is 0. The fourth-order valence-electron chi connectivity index (χ4n) is 3.92. The highest BCUT2D eigenvalue weighted by Gasteiger charge is 2.51. The molecule has 16 heavy (non-hydrogen) atoms. The Morgan fingerprint density at radius 3 is 2.88 bits per heavy atom. The zero-order valence-corrected chi connectivity index (χ0v) is 10.6. The van der Waals surface area contributed by atoms with Gasteiger partial charge in [0.2, 0.25) is 0 Å². The van der Waals surface area contributed by atoms with E-state index in [1.54, 1.807) is 5.57 Å². The first-order valence-corrected chi connectivity index (χ1v) is 6.74. The lowest BCUT2D eigenvalue weighted by atomic mass is 9.49. The molecule has 0 spiro atoms. The molecule has 0 amide bonds. The smallest absolute Gasteiger partial charge is 0.0196 e. The van der Waals surface area contributed by atoms with Gasteiger partial charge in [-0.05, 0) is 36.5 Å². The molecule has 2 nitrogen and oxygen atoms in total. The Hall–Kier alpha value is -0.340. The van der Waals surface area contributed by atoms with Gasteiger partial charge in [-0.2, -0.15) is 0 Å². The summed E-state index contributed by atoms with van der Waals surface area (Å²) in [5.41, 5.74) is 8.25. The van der Waals surface area contributed by atoms with E-state index in [2.05, 4.69) is 24.8 Å². The number of nitrogens with two attached hydrogens (primary N) is 1. The number of rotatable bonds is 2. The largest absolute Gasteiger partial charge is 0.326 e. The van der Waals surface area contributed by atoms with Crippen molar-refractivity contribution in [3.63, 3.8) is 0 Å². The zero-order chi connectivity index (χ0) is 11.3. The molecule has 1 saturated carbocycles. The SMILES string of the molecule is CC1(C)[C@H]2CC=C(CN3CC[C@@H](N)C3)[C@@H]1C2. The predicted octanol–water partition coefficient (Wildman–Crippen LogP) is 2.01. The van der Waals surface area contributed by atoms with Gasteiger partial charge >= 0.3 is 0 Å². The van der Waals surface area contributed by atoms with Crippen LogP contribution in [0.1, 0.15) is 33.1 Å². The molecular weight excluding hydrogens is 196 g/mol. The van der Waals surface area contributed by atoms with Crippen LogP contribution in [0.2, 0.25) is 0 Å². The van der Waals surface area contributed by atoms with E-state index in [1.807, 2.05) is 0 Å².